The van der Waals surface area contributed by atoms with E-state index in [0.717, 1.165) is 5.56 Å². The number of hydrogen-bond acceptors (Lipinski definition) is 4. The Morgan fingerprint density at radius 2 is 1.65 bits per heavy atom. The second-order valence-corrected chi connectivity index (χ2v) is 5.90. The Labute approximate surface area is 149 Å². The van der Waals surface area contributed by atoms with Gasteiger partial charge in [-0.15, -0.1) is 0 Å². The Morgan fingerprint density at radius 3 is 2.50 bits per heavy atom. The lowest BCUT2D eigenvalue weighted by molar-refractivity contribution is 0.307. The minimum absolute atomic E-state index is 0.0867. The van der Waals surface area contributed by atoms with E-state index in [-0.39, 0.29) is 16.6 Å². The largest absolute Gasteiger partial charge is 0.507 e. The molecule has 4 rings (SSSR count). The smallest absolute Gasteiger partial charge is 0.197 e. The average molecular weight is 344 g/mol. The van der Waals surface area contributed by atoms with Crippen LogP contribution >= 0.6 is 0 Å². The first kappa shape index (κ1) is 16.0. The molecule has 0 atom stereocenters. The van der Waals surface area contributed by atoms with Crippen molar-refractivity contribution in [3.8, 4) is 22.8 Å². The molecule has 0 saturated heterocycles. The molecule has 0 aliphatic rings. The van der Waals surface area contributed by atoms with Gasteiger partial charge in [0.1, 0.15) is 34.8 Å². The fourth-order valence-electron chi connectivity index (χ4n) is 2.86. The zero-order chi connectivity index (χ0) is 17.9. The molecule has 0 fully saturated rings. The summed E-state index contributed by atoms with van der Waals surface area (Å²) in [6.07, 6.45) is 0. The lowest BCUT2D eigenvalue weighted by atomic mass is 10.1. The van der Waals surface area contributed by atoms with E-state index in [9.17, 15) is 9.90 Å². The van der Waals surface area contributed by atoms with E-state index in [1.54, 1.807) is 12.1 Å². The van der Waals surface area contributed by atoms with Crippen LogP contribution in [0.5, 0.6) is 11.5 Å². The Balaban J connectivity index is 1.74. The number of phenols is 1. The molecule has 4 heteroatoms. The molecule has 1 aromatic heterocycles. The van der Waals surface area contributed by atoms with Crippen LogP contribution < -0.4 is 10.2 Å². The summed E-state index contributed by atoms with van der Waals surface area (Å²) in [5.74, 6) is 0.937. The molecule has 0 spiro atoms. The molecule has 1 N–H and O–H groups in total. The van der Waals surface area contributed by atoms with Crippen LogP contribution in [0.15, 0.2) is 88.1 Å². The molecule has 0 amide bonds. The number of fused-ring (bicyclic) bond motifs is 1. The third kappa shape index (κ3) is 3.05. The van der Waals surface area contributed by atoms with E-state index < -0.39 is 0 Å². The van der Waals surface area contributed by atoms with Gasteiger partial charge in [-0.2, -0.15) is 0 Å². The first-order valence-corrected chi connectivity index (χ1v) is 8.24. The SMILES string of the molecule is O=c1cc(-c2ccccc2OCc2ccccc2)oc2cccc(O)c12. The highest BCUT2D eigenvalue weighted by molar-refractivity contribution is 5.84. The van der Waals surface area contributed by atoms with E-state index in [1.807, 2.05) is 54.6 Å². The Kier molecular flexibility index (Phi) is 4.15. The van der Waals surface area contributed by atoms with Crippen LogP contribution in [-0.4, -0.2) is 5.11 Å². The van der Waals surface area contributed by atoms with Crippen LogP contribution in [0.4, 0.5) is 0 Å². The predicted octanol–water partition coefficient (Wildman–Crippen LogP) is 4.74. The molecule has 26 heavy (non-hydrogen) atoms. The number of ether oxygens (including phenoxy) is 1. The molecule has 0 unspecified atom stereocenters. The molecule has 0 bridgehead atoms. The van der Waals surface area contributed by atoms with Crippen molar-refractivity contribution in [2.75, 3.05) is 0 Å². The van der Waals surface area contributed by atoms with Crippen molar-refractivity contribution >= 4 is 11.0 Å². The van der Waals surface area contributed by atoms with Gasteiger partial charge in [0.15, 0.2) is 5.43 Å². The van der Waals surface area contributed by atoms with Crippen molar-refractivity contribution in [2.45, 2.75) is 6.61 Å². The second-order valence-electron chi connectivity index (χ2n) is 5.90. The first-order valence-electron chi connectivity index (χ1n) is 8.24. The van der Waals surface area contributed by atoms with Crippen LogP contribution in [0, 0.1) is 0 Å². The standard InChI is InChI=1S/C22H16O4/c23-17-10-6-12-20-22(17)18(24)13-21(26-20)16-9-4-5-11-19(16)25-14-15-7-2-1-3-8-15/h1-13,23H,14H2. The highest BCUT2D eigenvalue weighted by Gasteiger charge is 2.13. The van der Waals surface area contributed by atoms with Gasteiger partial charge in [-0.1, -0.05) is 48.5 Å². The van der Waals surface area contributed by atoms with E-state index in [2.05, 4.69) is 0 Å². The van der Waals surface area contributed by atoms with Crippen molar-refractivity contribution in [1.82, 2.24) is 0 Å². The van der Waals surface area contributed by atoms with Gasteiger partial charge >= 0.3 is 0 Å². The summed E-state index contributed by atoms with van der Waals surface area (Å²) < 4.78 is 11.8. The fraction of sp³-hybridized carbons (Fsp3) is 0.0455. The monoisotopic (exact) mass is 344 g/mol. The topological polar surface area (TPSA) is 59.7 Å². The highest BCUT2D eigenvalue weighted by Crippen LogP contribution is 2.32. The van der Waals surface area contributed by atoms with Crippen LogP contribution in [0.2, 0.25) is 0 Å². The normalized spacial score (nSPS) is 10.8. The van der Waals surface area contributed by atoms with Gasteiger partial charge in [0.2, 0.25) is 0 Å². The van der Waals surface area contributed by atoms with Gasteiger partial charge in [-0.3, -0.25) is 4.79 Å². The molecule has 4 nitrogen and oxygen atoms in total. The Bertz CT molecular complexity index is 1110. The van der Waals surface area contributed by atoms with Crippen LogP contribution in [0.1, 0.15) is 5.56 Å². The first-order chi connectivity index (χ1) is 12.7. The third-order valence-corrected chi connectivity index (χ3v) is 4.12. The minimum Gasteiger partial charge on any atom is -0.507 e. The second kappa shape index (κ2) is 6.76. The van der Waals surface area contributed by atoms with Crippen molar-refractivity contribution in [1.29, 1.82) is 0 Å². The molecule has 0 aliphatic heterocycles. The maximum absolute atomic E-state index is 12.4. The number of hydrogen-bond donors (Lipinski definition) is 1. The molecule has 0 aliphatic carbocycles. The number of aromatic hydroxyl groups is 1. The predicted molar refractivity (Wildman–Crippen MR) is 100 cm³/mol. The van der Waals surface area contributed by atoms with Gasteiger partial charge < -0.3 is 14.3 Å². The Hall–Kier alpha value is -3.53. The highest BCUT2D eigenvalue weighted by atomic mass is 16.5. The summed E-state index contributed by atoms with van der Waals surface area (Å²) in [6.45, 7) is 0.413. The summed E-state index contributed by atoms with van der Waals surface area (Å²) >= 11 is 0. The Morgan fingerprint density at radius 1 is 0.885 bits per heavy atom. The molecular weight excluding hydrogens is 328 g/mol. The van der Waals surface area contributed by atoms with Gasteiger partial charge in [0.05, 0.1) is 5.56 Å². The quantitative estimate of drug-likeness (QED) is 0.581. The molecule has 1 heterocycles. The fourth-order valence-corrected chi connectivity index (χ4v) is 2.86. The van der Waals surface area contributed by atoms with Gasteiger partial charge in [-0.25, -0.2) is 0 Å². The van der Waals surface area contributed by atoms with Crippen molar-refractivity contribution in [3.63, 3.8) is 0 Å². The minimum atomic E-state index is -0.294. The van der Waals surface area contributed by atoms with Gasteiger partial charge in [0.25, 0.3) is 0 Å². The number of phenolic OH excluding ortho intramolecular Hbond substituents is 1. The lowest BCUT2D eigenvalue weighted by Gasteiger charge is -2.11. The molecule has 0 radical (unpaired) electrons. The van der Waals surface area contributed by atoms with E-state index in [1.165, 1.54) is 12.1 Å². The molecule has 4 aromatic rings. The summed E-state index contributed by atoms with van der Waals surface area (Å²) in [5, 5.41) is 10.1. The summed E-state index contributed by atoms with van der Waals surface area (Å²) in [7, 11) is 0. The van der Waals surface area contributed by atoms with E-state index in [0.29, 0.717) is 29.3 Å². The van der Waals surface area contributed by atoms with Gasteiger partial charge in [-0.05, 0) is 29.8 Å². The number of para-hydroxylation sites is 1. The van der Waals surface area contributed by atoms with E-state index >= 15 is 0 Å². The lowest BCUT2D eigenvalue weighted by Crippen LogP contribution is -2.02. The van der Waals surface area contributed by atoms with Crippen molar-refractivity contribution in [2.24, 2.45) is 0 Å². The van der Waals surface area contributed by atoms with E-state index in [4.69, 9.17) is 9.15 Å². The molecular formula is C22H16O4. The van der Waals surface area contributed by atoms with Crippen molar-refractivity contribution < 1.29 is 14.3 Å². The summed E-state index contributed by atoms with van der Waals surface area (Å²) in [6, 6.07) is 23.4. The maximum atomic E-state index is 12.4. The summed E-state index contributed by atoms with van der Waals surface area (Å²) in [5.41, 5.74) is 1.78. The maximum Gasteiger partial charge on any atom is 0.197 e. The number of rotatable bonds is 4. The molecule has 3 aromatic carbocycles. The summed E-state index contributed by atoms with van der Waals surface area (Å²) in [4.78, 5) is 12.4. The average Bonchev–Trinajstić information content (AvgIpc) is 2.67. The third-order valence-electron chi connectivity index (χ3n) is 4.12. The zero-order valence-electron chi connectivity index (χ0n) is 13.9. The molecule has 0 saturated carbocycles. The number of benzene rings is 3. The van der Waals surface area contributed by atoms with Crippen LogP contribution in [-0.2, 0) is 6.61 Å². The van der Waals surface area contributed by atoms with Crippen LogP contribution in [0.25, 0.3) is 22.3 Å². The molecule has 128 valence electrons. The van der Waals surface area contributed by atoms with Crippen LogP contribution in [0.3, 0.4) is 0 Å². The van der Waals surface area contributed by atoms with Crippen molar-refractivity contribution in [3.05, 3.63) is 94.6 Å². The zero-order valence-corrected chi connectivity index (χ0v) is 13.9. The van der Waals surface area contributed by atoms with Gasteiger partial charge in [0, 0.05) is 6.07 Å².